The van der Waals surface area contributed by atoms with Gasteiger partial charge in [0.15, 0.2) is 0 Å². The van der Waals surface area contributed by atoms with Crippen molar-refractivity contribution in [1.82, 2.24) is 0 Å². The number of rotatable bonds is 12. The van der Waals surface area contributed by atoms with E-state index < -0.39 is 0 Å². The van der Waals surface area contributed by atoms with Crippen molar-refractivity contribution in [3.63, 3.8) is 0 Å². The molecule has 0 saturated carbocycles. The predicted molar refractivity (Wildman–Crippen MR) is 90.7 cm³/mol. The van der Waals surface area contributed by atoms with Crippen molar-refractivity contribution in [1.29, 1.82) is 0 Å². The highest BCUT2D eigenvalue weighted by Crippen LogP contribution is 2.10. The summed E-state index contributed by atoms with van der Waals surface area (Å²) in [5, 5.41) is 0. The van der Waals surface area contributed by atoms with Crippen LogP contribution in [0.2, 0.25) is 0 Å². The number of hydrogen-bond acceptors (Lipinski definition) is 1. The third-order valence-corrected chi connectivity index (χ3v) is 3.68. The lowest BCUT2D eigenvalue weighted by atomic mass is 10.1. The van der Waals surface area contributed by atoms with E-state index in [0.717, 1.165) is 6.54 Å². The first-order valence-electron chi connectivity index (χ1n) is 8.48. The number of aliphatic imine (C=N–C) groups is 1. The van der Waals surface area contributed by atoms with Crippen LogP contribution in [0.15, 0.2) is 35.3 Å². The quantitative estimate of drug-likeness (QED) is 0.326. The maximum atomic E-state index is 4.48. The van der Waals surface area contributed by atoms with E-state index in [-0.39, 0.29) is 0 Å². The molecule has 0 aliphatic rings. The van der Waals surface area contributed by atoms with Crippen LogP contribution < -0.4 is 0 Å². The van der Waals surface area contributed by atoms with Crippen LogP contribution in [0, 0.1) is 0 Å². The van der Waals surface area contributed by atoms with Crippen molar-refractivity contribution in [3.05, 3.63) is 35.9 Å². The molecule has 0 aliphatic heterocycles. The molecule has 0 aliphatic carbocycles. The minimum Gasteiger partial charge on any atom is -0.293 e. The summed E-state index contributed by atoms with van der Waals surface area (Å²) in [6.45, 7) is 3.26. The molecule has 0 amide bonds. The molecule has 1 heteroatoms. The van der Waals surface area contributed by atoms with Crippen molar-refractivity contribution < 1.29 is 0 Å². The minimum absolute atomic E-state index is 0.978. The summed E-state index contributed by atoms with van der Waals surface area (Å²) >= 11 is 0. The maximum absolute atomic E-state index is 4.48. The second-order valence-corrected chi connectivity index (χ2v) is 5.63. The molecule has 20 heavy (non-hydrogen) atoms. The van der Waals surface area contributed by atoms with Gasteiger partial charge in [-0.25, -0.2) is 0 Å². The Morgan fingerprint density at radius 3 is 1.90 bits per heavy atom. The van der Waals surface area contributed by atoms with Crippen molar-refractivity contribution >= 4 is 6.21 Å². The average molecular weight is 273 g/mol. The Morgan fingerprint density at radius 2 is 1.30 bits per heavy atom. The molecule has 1 nitrogen and oxygen atoms in total. The molecule has 0 fully saturated rings. The van der Waals surface area contributed by atoms with Gasteiger partial charge >= 0.3 is 0 Å². The summed E-state index contributed by atoms with van der Waals surface area (Å²) in [6.07, 6.45) is 15.9. The van der Waals surface area contributed by atoms with Crippen LogP contribution >= 0.6 is 0 Å². The summed E-state index contributed by atoms with van der Waals surface area (Å²) < 4.78 is 0. The Hall–Kier alpha value is -1.11. The molecular formula is C19H31N. The van der Waals surface area contributed by atoms with Crippen LogP contribution in [-0.2, 0) is 0 Å². The van der Waals surface area contributed by atoms with Crippen LogP contribution in [0.3, 0.4) is 0 Å². The van der Waals surface area contributed by atoms with Crippen LogP contribution in [0.4, 0.5) is 0 Å². The smallest absolute Gasteiger partial charge is 0.0389 e. The fraction of sp³-hybridized carbons (Fsp3) is 0.632. The van der Waals surface area contributed by atoms with Crippen LogP contribution in [0.5, 0.6) is 0 Å². The molecular weight excluding hydrogens is 242 g/mol. The maximum Gasteiger partial charge on any atom is 0.0389 e. The molecule has 0 N–H and O–H groups in total. The topological polar surface area (TPSA) is 12.4 Å². The highest BCUT2D eigenvalue weighted by molar-refractivity contribution is 5.79. The van der Waals surface area contributed by atoms with Crippen molar-refractivity contribution in [2.45, 2.75) is 71.1 Å². The van der Waals surface area contributed by atoms with E-state index in [1.807, 2.05) is 12.3 Å². The third kappa shape index (κ3) is 9.77. The zero-order chi connectivity index (χ0) is 14.3. The molecule has 1 rings (SSSR count). The molecule has 0 atom stereocenters. The summed E-state index contributed by atoms with van der Waals surface area (Å²) in [7, 11) is 0. The summed E-state index contributed by atoms with van der Waals surface area (Å²) in [5.74, 6) is 0. The second-order valence-electron chi connectivity index (χ2n) is 5.63. The van der Waals surface area contributed by atoms with Gasteiger partial charge in [0, 0.05) is 12.8 Å². The van der Waals surface area contributed by atoms with Crippen molar-refractivity contribution in [2.75, 3.05) is 6.54 Å². The highest BCUT2D eigenvalue weighted by Gasteiger charge is 1.92. The first-order chi connectivity index (χ1) is 9.93. The van der Waals surface area contributed by atoms with Gasteiger partial charge in [0.05, 0.1) is 0 Å². The predicted octanol–water partition coefficient (Wildman–Crippen LogP) is 6.03. The molecule has 0 unspecified atom stereocenters. The normalized spacial score (nSPS) is 11.2. The van der Waals surface area contributed by atoms with E-state index in [9.17, 15) is 0 Å². The SMILES string of the molecule is CCCCCCCCCCCC/N=C/c1ccccc1. The number of benzene rings is 1. The minimum atomic E-state index is 0.978. The van der Waals surface area contributed by atoms with Gasteiger partial charge < -0.3 is 0 Å². The first-order valence-corrected chi connectivity index (χ1v) is 8.48. The van der Waals surface area contributed by atoms with Gasteiger partial charge in [-0.15, -0.1) is 0 Å². The van der Waals surface area contributed by atoms with Gasteiger partial charge in [-0.1, -0.05) is 95.0 Å². The largest absolute Gasteiger partial charge is 0.293 e. The lowest BCUT2D eigenvalue weighted by Gasteiger charge is -2.01. The Morgan fingerprint density at radius 1 is 0.750 bits per heavy atom. The molecule has 0 bridgehead atoms. The molecule has 0 saturated heterocycles. The van der Waals surface area contributed by atoms with Crippen molar-refractivity contribution in [3.8, 4) is 0 Å². The van der Waals surface area contributed by atoms with E-state index in [4.69, 9.17) is 0 Å². The fourth-order valence-corrected chi connectivity index (χ4v) is 2.40. The van der Waals surface area contributed by atoms with Crippen LogP contribution in [0.25, 0.3) is 0 Å². The molecule has 112 valence electrons. The average Bonchev–Trinajstić information content (AvgIpc) is 2.49. The molecule has 0 heterocycles. The van der Waals surface area contributed by atoms with Gasteiger partial charge in [-0.05, 0) is 12.0 Å². The lowest BCUT2D eigenvalue weighted by molar-refractivity contribution is 0.558. The van der Waals surface area contributed by atoms with Gasteiger partial charge in [0.1, 0.15) is 0 Å². The standard InChI is InChI=1S/C19H31N/c1-2-3-4-5-6-7-8-9-10-14-17-20-18-19-15-12-11-13-16-19/h11-13,15-16,18H,2-10,14,17H2,1H3/b20-18+. The Kier molecular flexibility index (Phi) is 10.9. The Bertz CT molecular complexity index is 329. The molecule has 1 aromatic rings. The summed E-state index contributed by atoms with van der Waals surface area (Å²) in [6, 6.07) is 10.4. The number of unbranched alkanes of at least 4 members (excludes halogenated alkanes) is 9. The fourth-order valence-electron chi connectivity index (χ4n) is 2.40. The highest BCUT2D eigenvalue weighted by atomic mass is 14.7. The van der Waals surface area contributed by atoms with Gasteiger partial charge in [0.25, 0.3) is 0 Å². The molecule has 0 aromatic heterocycles. The van der Waals surface area contributed by atoms with Crippen molar-refractivity contribution in [2.24, 2.45) is 4.99 Å². The van der Waals surface area contributed by atoms with E-state index in [1.165, 1.54) is 69.8 Å². The monoisotopic (exact) mass is 273 g/mol. The molecule has 1 aromatic carbocycles. The van der Waals surface area contributed by atoms with Gasteiger partial charge in [-0.3, -0.25) is 4.99 Å². The van der Waals surface area contributed by atoms with Crippen LogP contribution in [-0.4, -0.2) is 12.8 Å². The Balaban J connectivity index is 1.84. The third-order valence-electron chi connectivity index (χ3n) is 3.68. The zero-order valence-electron chi connectivity index (χ0n) is 13.2. The lowest BCUT2D eigenvalue weighted by Crippen LogP contribution is -1.86. The first kappa shape index (κ1) is 16.9. The molecule has 0 radical (unpaired) electrons. The van der Waals surface area contributed by atoms with E-state index >= 15 is 0 Å². The summed E-state index contributed by atoms with van der Waals surface area (Å²) in [5.41, 5.74) is 1.21. The second kappa shape index (κ2) is 12.9. The van der Waals surface area contributed by atoms with E-state index in [0.29, 0.717) is 0 Å². The summed E-state index contributed by atoms with van der Waals surface area (Å²) in [4.78, 5) is 4.48. The van der Waals surface area contributed by atoms with Gasteiger partial charge in [0.2, 0.25) is 0 Å². The Labute approximate surface area is 125 Å². The number of hydrogen-bond donors (Lipinski definition) is 0. The zero-order valence-corrected chi connectivity index (χ0v) is 13.2. The van der Waals surface area contributed by atoms with E-state index in [2.05, 4.69) is 36.2 Å². The van der Waals surface area contributed by atoms with Crippen LogP contribution in [0.1, 0.15) is 76.7 Å². The molecule has 0 spiro atoms. The van der Waals surface area contributed by atoms with Gasteiger partial charge in [-0.2, -0.15) is 0 Å². The van der Waals surface area contributed by atoms with E-state index in [1.54, 1.807) is 0 Å². The number of nitrogens with zero attached hydrogens (tertiary/aromatic N) is 1.